The number of rotatable bonds is 2. The molecule has 0 radical (unpaired) electrons. The monoisotopic (exact) mass is 496 g/mol. The Balaban J connectivity index is 2.59. The second-order valence-corrected chi connectivity index (χ2v) is 9.54. The van der Waals surface area contributed by atoms with Crippen LogP contribution in [0.2, 0.25) is 0 Å². The summed E-state index contributed by atoms with van der Waals surface area (Å²) in [7, 11) is -9.52. The van der Waals surface area contributed by atoms with E-state index in [0.717, 1.165) is 12.1 Å². The van der Waals surface area contributed by atoms with Gasteiger partial charge in [0.15, 0.2) is 5.78 Å². The van der Waals surface area contributed by atoms with Crippen LogP contribution < -0.4 is 0 Å². The van der Waals surface area contributed by atoms with Gasteiger partial charge in [-0.25, -0.2) is 0 Å². The highest BCUT2D eigenvalue weighted by atomic mass is 79.9. The summed E-state index contributed by atoms with van der Waals surface area (Å²) in [5, 5.41) is 0. The normalized spacial score (nSPS) is 13.8. The van der Waals surface area contributed by atoms with Crippen LogP contribution in [0.3, 0.4) is 0 Å². The molecule has 1 aliphatic rings. The quantitative estimate of drug-likeness (QED) is 0.521. The standard InChI is InChI=1S/C13H6Br2O7S2/c14-5-1-7-11(9(3-5)23(17,18)19)12-8(13(7)16)2-6(15)4-10(12)24(20,21)22/h1-4H,(H,17,18,19)(H,20,21,22). The first-order valence-electron chi connectivity index (χ1n) is 6.08. The van der Waals surface area contributed by atoms with Gasteiger partial charge < -0.3 is 0 Å². The largest absolute Gasteiger partial charge is 0.295 e. The van der Waals surface area contributed by atoms with Crippen LogP contribution in [0.1, 0.15) is 15.9 Å². The Bertz CT molecular complexity index is 1050. The van der Waals surface area contributed by atoms with Crippen LogP contribution in [0.25, 0.3) is 11.1 Å². The molecule has 0 fully saturated rings. The van der Waals surface area contributed by atoms with E-state index >= 15 is 0 Å². The number of hydrogen-bond donors (Lipinski definition) is 2. The molecule has 1 aliphatic carbocycles. The van der Waals surface area contributed by atoms with E-state index in [2.05, 4.69) is 31.9 Å². The molecule has 0 saturated carbocycles. The van der Waals surface area contributed by atoms with E-state index < -0.39 is 35.8 Å². The zero-order chi connectivity index (χ0) is 18.0. The van der Waals surface area contributed by atoms with Gasteiger partial charge in [-0.1, -0.05) is 31.9 Å². The van der Waals surface area contributed by atoms with Crippen molar-refractivity contribution in [3.63, 3.8) is 0 Å². The molecule has 126 valence electrons. The first kappa shape index (κ1) is 17.7. The highest BCUT2D eigenvalue weighted by molar-refractivity contribution is 9.10. The first-order valence-corrected chi connectivity index (χ1v) is 10.5. The van der Waals surface area contributed by atoms with E-state index in [1.54, 1.807) is 0 Å². The second kappa shape index (κ2) is 5.44. The molecular weight excluding hydrogens is 492 g/mol. The van der Waals surface area contributed by atoms with Gasteiger partial charge in [-0.15, -0.1) is 0 Å². The topological polar surface area (TPSA) is 126 Å². The molecule has 0 spiro atoms. The van der Waals surface area contributed by atoms with Crippen molar-refractivity contribution < 1.29 is 30.7 Å². The van der Waals surface area contributed by atoms with E-state index in [1.165, 1.54) is 12.1 Å². The molecular formula is C13H6Br2O7S2. The van der Waals surface area contributed by atoms with Gasteiger partial charge in [0.2, 0.25) is 0 Å². The minimum Gasteiger partial charge on any atom is -0.289 e. The molecule has 0 heterocycles. The molecule has 0 aliphatic heterocycles. The SMILES string of the molecule is O=C1c2cc(Br)cc(S(=O)(=O)O)c2-c2c1cc(Br)cc2S(=O)(=O)O. The molecule has 11 heteroatoms. The Hall–Kier alpha value is -1.11. The van der Waals surface area contributed by atoms with Gasteiger partial charge in [-0.3, -0.25) is 13.9 Å². The van der Waals surface area contributed by atoms with Gasteiger partial charge in [0, 0.05) is 31.2 Å². The maximum atomic E-state index is 12.6. The molecule has 0 amide bonds. The highest BCUT2D eigenvalue weighted by Crippen LogP contribution is 2.46. The van der Waals surface area contributed by atoms with Crippen molar-refractivity contribution in [2.45, 2.75) is 9.79 Å². The summed E-state index contributed by atoms with van der Waals surface area (Å²) in [5.74, 6) is -0.627. The number of hydrogen-bond acceptors (Lipinski definition) is 5. The van der Waals surface area contributed by atoms with E-state index in [1.807, 2.05) is 0 Å². The van der Waals surface area contributed by atoms with Crippen molar-refractivity contribution in [1.82, 2.24) is 0 Å². The third-order valence-corrected chi connectivity index (χ3v) is 6.10. The zero-order valence-electron chi connectivity index (χ0n) is 11.3. The Kier molecular flexibility index (Phi) is 4.02. The lowest BCUT2D eigenvalue weighted by atomic mass is 10.1. The Morgan fingerprint density at radius 3 is 1.33 bits per heavy atom. The van der Waals surface area contributed by atoms with Gasteiger partial charge in [-0.2, -0.15) is 16.8 Å². The van der Waals surface area contributed by atoms with Crippen LogP contribution >= 0.6 is 31.9 Å². The molecule has 7 nitrogen and oxygen atoms in total. The smallest absolute Gasteiger partial charge is 0.289 e. The Morgan fingerprint density at radius 1 is 0.708 bits per heavy atom. The fourth-order valence-corrected chi connectivity index (χ4v) is 5.30. The lowest BCUT2D eigenvalue weighted by Gasteiger charge is -2.10. The van der Waals surface area contributed by atoms with Crippen molar-refractivity contribution in [2.24, 2.45) is 0 Å². The third kappa shape index (κ3) is 2.74. The van der Waals surface area contributed by atoms with Crippen molar-refractivity contribution in [1.29, 1.82) is 0 Å². The predicted molar refractivity (Wildman–Crippen MR) is 90.3 cm³/mol. The number of ketones is 1. The van der Waals surface area contributed by atoms with Crippen molar-refractivity contribution >= 4 is 57.9 Å². The molecule has 2 N–H and O–H groups in total. The molecule has 0 aromatic heterocycles. The van der Waals surface area contributed by atoms with Crippen LogP contribution in [-0.4, -0.2) is 31.7 Å². The van der Waals surface area contributed by atoms with Gasteiger partial charge in [0.25, 0.3) is 20.2 Å². The Labute approximate surface area is 153 Å². The number of carbonyl (C=O) groups excluding carboxylic acids is 1. The summed E-state index contributed by atoms with van der Waals surface area (Å²) in [6, 6.07) is 4.72. The van der Waals surface area contributed by atoms with Crippen molar-refractivity contribution in [2.75, 3.05) is 0 Å². The summed E-state index contributed by atoms with van der Waals surface area (Å²) >= 11 is 6.10. The van der Waals surface area contributed by atoms with Gasteiger partial charge in [0.05, 0.1) is 0 Å². The van der Waals surface area contributed by atoms with E-state index in [0.29, 0.717) is 0 Å². The lowest BCUT2D eigenvalue weighted by molar-refractivity contribution is 0.104. The van der Waals surface area contributed by atoms with E-state index in [-0.39, 0.29) is 31.2 Å². The predicted octanol–water partition coefficient (Wildman–Crippen LogP) is 2.92. The number of halogens is 2. The van der Waals surface area contributed by atoms with Crippen LogP contribution in [0, 0.1) is 0 Å². The van der Waals surface area contributed by atoms with Crippen molar-refractivity contribution in [3.05, 3.63) is 44.3 Å². The molecule has 0 unspecified atom stereocenters. The first-order chi connectivity index (χ1) is 10.9. The van der Waals surface area contributed by atoms with Gasteiger partial charge in [-0.05, 0) is 24.3 Å². The molecule has 24 heavy (non-hydrogen) atoms. The van der Waals surface area contributed by atoms with E-state index in [4.69, 9.17) is 0 Å². The number of fused-ring (bicyclic) bond motifs is 3. The number of benzene rings is 2. The average molecular weight is 498 g/mol. The average Bonchev–Trinajstić information content (AvgIpc) is 2.68. The Morgan fingerprint density at radius 2 is 1.04 bits per heavy atom. The third-order valence-electron chi connectivity index (χ3n) is 3.43. The van der Waals surface area contributed by atoms with Gasteiger partial charge in [0.1, 0.15) is 9.79 Å². The van der Waals surface area contributed by atoms with Gasteiger partial charge >= 0.3 is 0 Å². The molecule has 2 aromatic carbocycles. The molecule has 0 bridgehead atoms. The number of carbonyl (C=O) groups is 1. The second-order valence-electron chi connectivity index (χ2n) is 4.93. The van der Waals surface area contributed by atoms with Crippen molar-refractivity contribution in [3.8, 4) is 11.1 Å². The highest BCUT2D eigenvalue weighted by Gasteiger charge is 2.37. The lowest BCUT2D eigenvalue weighted by Crippen LogP contribution is -2.05. The van der Waals surface area contributed by atoms with Crippen LogP contribution in [0.4, 0.5) is 0 Å². The maximum absolute atomic E-state index is 12.6. The maximum Gasteiger partial charge on any atom is 0.295 e. The summed E-state index contributed by atoms with van der Waals surface area (Å²) in [4.78, 5) is 11.3. The van der Waals surface area contributed by atoms with E-state index in [9.17, 15) is 30.7 Å². The molecule has 0 saturated heterocycles. The summed E-state index contributed by atoms with van der Waals surface area (Å²) in [6.45, 7) is 0. The summed E-state index contributed by atoms with van der Waals surface area (Å²) < 4.78 is 66.1. The fraction of sp³-hybridized carbons (Fsp3) is 0. The zero-order valence-corrected chi connectivity index (χ0v) is 16.1. The van der Waals surface area contributed by atoms with Crippen LogP contribution in [-0.2, 0) is 20.2 Å². The van der Waals surface area contributed by atoms with Crippen LogP contribution in [0.15, 0.2) is 43.0 Å². The van der Waals surface area contributed by atoms with Crippen LogP contribution in [0.5, 0.6) is 0 Å². The minimum absolute atomic E-state index is 0.102. The molecule has 2 aromatic rings. The molecule has 3 rings (SSSR count). The summed E-state index contributed by atoms with van der Waals surface area (Å²) in [6.07, 6.45) is 0. The summed E-state index contributed by atoms with van der Waals surface area (Å²) in [5.41, 5.74) is -0.730. The fourth-order valence-electron chi connectivity index (χ4n) is 2.59. The molecule has 0 atom stereocenters. The minimum atomic E-state index is -4.76.